The van der Waals surface area contributed by atoms with Crippen molar-refractivity contribution < 1.29 is 18.1 Å². The molecule has 2 atom stereocenters. The summed E-state index contributed by atoms with van der Waals surface area (Å²) in [5, 5.41) is 2.85. The van der Waals surface area contributed by atoms with Crippen molar-refractivity contribution in [2.75, 3.05) is 32.5 Å². The lowest BCUT2D eigenvalue weighted by Gasteiger charge is -2.21. The van der Waals surface area contributed by atoms with Gasteiger partial charge in [0, 0.05) is 45.9 Å². The zero-order chi connectivity index (χ0) is 19.6. The molecule has 0 spiro atoms. The van der Waals surface area contributed by atoms with Crippen molar-refractivity contribution in [1.82, 2.24) is 8.87 Å². The second-order valence-corrected chi connectivity index (χ2v) is 9.34. The molecular formula is C19H27N4O3S+. The number of nitrogens with zero attached hydrogens (tertiary/aromatic N) is 2. The third-order valence-corrected chi connectivity index (χ3v) is 6.92. The SMILES string of the molecule is CN(C)S(=O)(=O)c1cccc(NC(=O)C[NH+]2CCC[C@@H]2c2cccn2C)c1. The first-order valence-corrected chi connectivity index (χ1v) is 10.5. The van der Waals surface area contributed by atoms with E-state index in [0.29, 0.717) is 18.3 Å². The minimum absolute atomic E-state index is 0.106. The molecule has 1 unspecified atom stereocenters. The maximum absolute atomic E-state index is 12.6. The summed E-state index contributed by atoms with van der Waals surface area (Å²) in [5.74, 6) is -0.106. The zero-order valence-corrected chi connectivity index (χ0v) is 16.8. The van der Waals surface area contributed by atoms with Gasteiger partial charge in [0.2, 0.25) is 10.0 Å². The van der Waals surface area contributed by atoms with E-state index in [2.05, 4.69) is 16.0 Å². The van der Waals surface area contributed by atoms with Gasteiger partial charge in [0.15, 0.2) is 6.54 Å². The monoisotopic (exact) mass is 391 g/mol. The molecule has 1 aliphatic rings. The van der Waals surface area contributed by atoms with E-state index >= 15 is 0 Å². The van der Waals surface area contributed by atoms with Crippen molar-refractivity contribution >= 4 is 21.6 Å². The number of hydrogen-bond donors (Lipinski definition) is 2. The predicted octanol–water partition coefficient (Wildman–Crippen LogP) is 0.634. The van der Waals surface area contributed by atoms with Gasteiger partial charge in [-0.3, -0.25) is 4.79 Å². The van der Waals surface area contributed by atoms with E-state index < -0.39 is 10.0 Å². The van der Waals surface area contributed by atoms with Crippen LogP contribution in [0.4, 0.5) is 5.69 Å². The van der Waals surface area contributed by atoms with Gasteiger partial charge in [-0.25, -0.2) is 12.7 Å². The van der Waals surface area contributed by atoms with Crippen LogP contribution in [0.2, 0.25) is 0 Å². The number of hydrogen-bond acceptors (Lipinski definition) is 3. The van der Waals surface area contributed by atoms with E-state index in [1.165, 1.54) is 36.8 Å². The van der Waals surface area contributed by atoms with E-state index in [9.17, 15) is 13.2 Å². The smallest absolute Gasteiger partial charge is 0.279 e. The van der Waals surface area contributed by atoms with Gasteiger partial charge >= 0.3 is 0 Å². The second-order valence-electron chi connectivity index (χ2n) is 7.19. The van der Waals surface area contributed by atoms with Gasteiger partial charge in [-0.05, 0) is 30.3 Å². The molecule has 1 aromatic carbocycles. The Labute approximate surface area is 160 Å². The van der Waals surface area contributed by atoms with Gasteiger partial charge in [-0.1, -0.05) is 6.07 Å². The Hall–Kier alpha value is -2.16. The van der Waals surface area contributed by atoms with Crippen LogP contribution in [0, 0.1) is 0 Å². The molecule has 27 heavy (non-hydrogen) atoms. The Morgan fingerprint density at radius 2 is 2.07 bits per heavy atom. The molecule has 0 radical (unpaired) electrons. The van der Waals surface area contributed by atoms with Crippen molar-refractivity contribution in [1.29, 1.82) is 0 Å². The molecule has 1 fully saturated rings. The number of aryl methyl sites for hydroxylation is 1. The van der Waals surface area contributed by atoms with Crippen LogP contribution in [0.25, 0.3) is 0 Å². The molecule has 2 aromatic rings. The number of benzene rings is 1. The molecule has 8 heteroatoms. The molecule has 1 amide bonds. The molecule has 2 N–H and O–H groups in total. The summed E-state index contributed by atoms with van der Waals surface area (Å²) in [6.45, 7) is 1.32. The van der Waals surface area contributed by atoms with E-state index in [0.717, 1.165) is 23.7 Å². The second kappa shape index (κ2) is 7.84. The van der Waals surface area contributed by atoms with Crippen LogP contribution in [-0.4, -0.2) is 50.4 Å². The van der Waals surface area contributed by atoms with Crippen molar-refractivity contribution in [2.24, 2.45) is 7.05 Å². The number of carbonyl (C=O) groups is 1. The zero-order valence-electron chi connectivity index (χ0n) is 16.0. The molecule has 0 bridgehead atoms. The maximum atomic E-state index is 12.6. The standard InChI is InChI=1S/C19H26N4O3S/c1-21(2)27(25,26)16-8-4-7-15(13-16)20-19(24)14-23-12-6-10-18(23)17-9-5-11-22(17)3/h4-5,7-9,11,13,18H,6,10,12,14H2,1-3H3,(H,20,24)/p+1/t18-/m1/s1. The van der Waals surface area contributed by atoms with Crippen LogP contribution in [0.15, 0.2) is 47.5 Å². The molecule has 2 heterocycles. The first-order valence-electron chi connectivity index (χ1n) is 9.07. The molecule has 0 aliphatic carbocycles. The van der Waals surface area contributed by atoms with Crippen LogP contribution >= 0.6 is 0 Å². The fraction of sp³-hybridized carbons (Fsp3) is 0.421. The number of nitrogens with one attached hydrogen (secondary N) is 2. The van der Waals surface area contributed by atoms with E-state index in [-0.39, 0.29) is 10.8 Å². The highest BCUT2D eigenvalue weighted by Gasteiger charge is 2.33. The molecule has 3 rings (SSSR count). The number of quaternary nitrogens is 1. The number of rotatable bonds is 6. The lowest BCUT2D eigenvalue weighted by atomic mass is 10.1. The summed E-state index contributed by atoms with van der Waals surface area (Å²) in [4.78, 5) is 14.0. The lowest BCUT2D eigenvalue weighted by Crippen LogP contribution is -3.11. The third kappa shape index (κ3) is 4.23. The summed E-state index contributed by atoms with van der Waals surface area (Å²) in [5.41, 5.74) is 1.74. The highest BCUT2D eigenvalue weighted by molar-refractivity contribution is 7.89. The predicted molar refractivity (Wildman–Crippen MR) is 104 cm³/mol. The van der Waals surface area contributed by atoms with Crippen LogP contribution in [0.1, 0.15) is 24.6 Å². The summed E-state index contributed by atoms with van der Waals surface area (Å²) in [7, 11) is 1.48. The number of amides is 1. The Kier molecular flexibility index (Phi) is 5.69. The largest absolute Gasteiger partial charge is 0.350 e. The first-order chi connectivity index (χ1) is 12.8. The van der Waals surface area contributed by atoms with Gasteiger partial charge in [0.05, 0.1) is 17.1 Å². The summed E-state index contributed by atoms with van der Waals surface area (Å²) < 4.78 is 27.8. The summed E-state index contributed by atoms with van der Waals surface area (Å²) >= 11 is 0. The highest BCUT2D eigenvalue weighted by Crippen LogP contribution is 2.20. The lowest BCUT2D eigenvalue weighted by molar-refractivity contribution is -0.910. The van der Waals surface area contributed by atoms with Gasteiger partial charge in [-0.2, -0.15) is 0 Å². The molecule has 1 aliphatic heterocycles. The highest BCUT2D eigenvalue weighted by atomic mass is 32.2. The van der Waals surface area contributed by atoms with Gasteiger partial charge in [0.1, 0.15) is 6.04 Å². The van der Waals surface area contributed by atoms with Crippen molar-refractivity contribution in [3.8, 4) is 0 Å². The first kappa shape index (κ1) is 19.6. The Morgan fingerprint density at radius 1 is 1.30 bits per heavy atom. The molecule has 7 nitrogen and oxygen atoms in total. The van der Waals surface area contributed by atoms with Crippen LogP contribution in [0.5, 0.6) is 0 Å². The number of sulfonamides is 1. The molecule has 146 valence electrons. The topological polar surface area (TPSA) is 75.8 Å². The quantitative estimate of drug-likeness (QED) is 0.759. The summed E-state index contributed by atoms with van der Waals surface area (Å²) in [6, 6.07) is 10.8. The minimum Gasteiger partial charge on any atom is -0.350 e. The van der Waals surface area contributed by atoms with Gasteiger partial charge in [-0.15, -0.1) is 0 Å². The minimum atomic E-state index is -3.53. The number of anilines is 1. The Balaban J connectivity index is 1.69. The Bertz CT molecular complexity index is 921. The molecule has 1 saturated heterocycles. The average Bonchev–Trinajstić information content (AvgIpc) is 3.23. The summed E-state index contributed by atoms with van der Waals surface area (Å²) in [6.07, 6.45) is 4.19. The third-order valence-electron chi connectivity index (χ3n) is 5.11. The molecule has 1 aromatic heterocycles. The molecular weight excluding hydrogens is 364 g/mol. The Morgan fingerprint density at radius 3 is 2.74 bits per heavy atom. The van der Waals surface area contributed by atoms with Crippen molar-refractivity contribution in [3.05, 3.63) is 48.3 Å². The van der Waals surface area contributed by atoms with Crippen LogP contribution in [0.3, 0.4) is 0 Å². The fourth-order valence-electron chi connectivity index (χ4n) is 3.67. The van der Waals surface area contributed by atoms with Gasteiger partial charge in [0.25, 0.3) is 5.91 Å². The van der Waals surface area contributed by atoms with E-state index in [1.54, 1.807) is 12.1 Å². The number of aromatic nitrogens is 1. The van der Waals surface area contributed by atoms with Gasteiger partial charge < -0.3 is 14.8 Å². The van der Waals surface area contributed by atoms with Crippen molar-refractivity contribution in [3.63, 3.8) is 0 Å². The fourth-order valence-corrected chi connectivity index (χ4v) is 4.62. The van der Waals surface area contributed by atoms with E-state index in [1.807, 2.05) is 19.3 Å². The maximum Gasteiger partial charge on any atom is 0.279 e. The molecule has 0 saturated carbocycles. The van der Waals surface area contributed by atoms with Crippen molar-refractivity contribution in [2.45, 2.75) is 23.8 Å². The normalized spacial score (nSPS) is 20.1. The number of carbonyl (C=O) groups excluding carboxylic acids is 1. The number of likely N-dealkylation sites (tertiary alicyclic amines) is 1. The van der Waals surface area contributed by atoms with E-state index in [4.69, 9.17) is 0 Å². The van der Waals surface area contributed by atoms with Crippen LogP contribution in [-0.2, 0) is 21.9 Å². The van der Waals surface area contributed by atoms with Crippen LogP contribution < -0.4 is 10.2 Å². The average molecular weight is 392 g/mol.